The molecule has 1 unspecified atom stereocenters. The summed E-state index contributed by atoms with van der Waals surface area (Å²) in [6, 6.07) is 0.308. The van der Waals surface area contributed by atoms with Crippen molar-refractivity contribution < 1.29 is 4.52 Å². The molecule has 1 atom stereocenters. The third-order valence-electron chi connectivity index (χ3n) is 3.73. The van der Waals surface area contributed by atoms with E-state index in [2.05, 4.69) is 35.8 Å². The van der Waals surface area contributed by atoms with Crippen LogP contribution in [0.2, 0.25) is 0 Å². The lowest BCUT2D eigenvalue weighted by atomic mass is 9.91. The van der Waals surface area contributed by atoms with Gasteiger partial charge in [-0.15, -0.1) is 0 Å². The van der Waals surface area contributed by atoms with E-state index in [0.717, 1.165) is 31.3 Å². The van der Waals surface area contributed by atoms with Gasteiger partial charge in [-0.25, -0.2) is 0 Å². The summed E-state index contributed by atoms with van der Waals surface area (Å²) in [4.78, 5) is 6.79. The maximum Gasteiger partial charge on any atom is 0.240 e. The lowest BCUT2D eigenvalue weighted by Crippen LogP contribution is -2.39. The maximum atomic E-state index is 5.94. The third-order valence-corrected chi connectivity index (χ3v) is 3.73. The minimum Gasteiger partial charge on any atom is -0.338 e. The zero-order valence-corrected chi connectivity index (χ0v) is 11.6. The molecule has 0 aromatic carbocycles. The zero-order chi connectivity index (χ0) is 13.1. The molecule has 1 aliphatic rings. The van der Waals surface area contributed by atoms with Crippen molar-refractivity contribution >= 4 is 0 Å². The van der Waals surface area contributed by atoms with E-state index < -0.39 is 0 Å². The normalized spacial score (nSPS) is 20.5. The molecule has 0 amide bonds. The molecular formula is C13H24N4O. The molecule has 2 rings (SSSR count). The van der Waals surface area contributed by atoms with E-state index in [1.165, 1.54) is 12.8 Å². The van der Waals surface area contributed by atoms with E-state index in [4.69, 9.17) is 10.3 Å². The number of piperidine rings is 1. The third kappa shape index (κ3) is 3.29. The highest BCUT2D eigenvalue weighted by Crippen LogP contribution is 2.21. The zero-order valence-electron chi connectivity index (χ0n) is 11.6. The summed E-state index contributed by atoms with van der Waals surface area (Å²) in [6.07, 6.45) is 2.34. The predicted octanol–water partition coefficient (Wildman–Crippen LogP) is 1.75. The Morgan fingerprint density at radius 3 is 2.50 bits per heavy atom. The molecule has 0 saturated carbocycles. The molecule has 5 nitrogen and oxygen atoms in total. The van der Waals surface area contributed by atoms with Crippen LogP contribution in [0, 0.1) is 5.92 Å². The lowest BCUT2D eigenvalue weighted by molar-refractivity contribution is 0.149. The number of rotatable bonds is 4. The van der Waals surface area contributed by atoms with Gasteiger partial charge in [-0.2, -0.15) is 4.98 Å². The first kappa shape index (κ1) is 13.5. The van der Waals surface area contributed by atoms with Crippen LogP contribution in [-0.4, -0.2) is 34.2 Å². The Hall–Kier alpha value is -0.940. The first-order chi connectivity index (χ1) is 8.56. The minimum atomic E-state index is 0.308. The van der Waals surface area contributed by atoms with Crippen LogP contribution in [0.1, 0.15) is 51.2 Å². The topological polar surface area (TPSA) is 68.2 Å². The van der Waals surface area contributed by atoms with E-state index in [-0.39, 0.29) is 0 Å². The van der Waals surface area contributed by atoms with Crippen LogP contribution in [0.4, 0.5) is 0 Å². The number of hydrogen-bond acceptors (Lipinski definition) is 5. The molecule has 0 aliphatic carbocycles. The van der Waals surface area contributed by atoms with Crippen molar-refractivity contribution in [1.29, 1.82) is 0 Å². The van der Waals surface area contributed by atoms with Crippen molar-refractivity contribution in [3.05, 3.63) is 11.7 Å². The van der Waals surface area contributed by atoms with E-state index in [9.17, 15) is 0 Å². The molecule has 2 heterocycles. The van der Waals surface area contributed by atoms with Crippen molar-refractivity contribution in [2.45, 2.75) is 52.1 Å². The monoisotopic (exact) mass is 252 g/mol. The van der Waals surface area contributed by atoms with Crippen LogP contribution in [0.15, 0.2) is 4.52 Å². The average molecular weight is 252 g/mol. The molecule has 1 aromatic heterocycles. The second-order valence-electron chi connectivity index (χ2n) is 5.67. The Morgan fingerprint density at radius 1 is 1.33 bits per heavy atom. The lowest BCUT2D eigenvalue weighted by Gasteiger charge is -2.32. The molecule has 0 bridgehead atoms. The van der Waals surface area contributed by atoms with E-state index >= 15 is 0 Å². The van der Waals surface area contributed by atoms with Crippen LogP contribution < -0.4 is 5.73 Å². The van der Waals surface area contributed by atoms with Gasteiger partial charge in [-0.3, -0.25) is 4.90 Å². The van der Waals surface area contributed by atoms with Crippen LogP contribution in [0.5, 0.6) is 0 Å². The van der Waals surface area contributed by atoms with Gasteiger partial charge < -0.3 is 10.3 Å². The van der Waals surface area contributed by atoms with Gasteiger partial charge in [-0.05, 0) is 38.8 Å². The highest BCUT2D eigenvalue weighted by molar-refractivity contribution is 4.92. The van der Waals surface area contributed by atoms with E-state index in [0.29, 0.717) is 17.9 Å². The molecule has 0 spiro atoms. The van der Waals surface area contributed by atoms with Crippen LogP contribution in [0.3, 0.4) is 0 Å². The number of aromatic nitrogens is 2. The first-order valence-corrected chi connectivity index (χ1v) is 6.86. The van der Waals surface area contributed by atoms with E-state index in [1.54, 1.807) is 0 Å². The predicted molar refractivity (Wildman–Crippen MR) is 70.0 cm³/mol. The van der Waals surface area contributed by atoms with Crippen molar-refractivity contribution in [2.24, 2.45) is 11.7 Å². The van der Waals surface area contributed by atoms with Gasteiger partial charge in [0, 0.05) is 12.0 Å². The molecule has 2 N–H and O–H groups in total. The summed E-state index contributed by atoms with van der Waals surface area (Å²) in [7, 11) is 0. The fraction of sp³-hybridized carbons (Fsp3) is 0.846. The SMILES string of the molecule is CC(C)c1noc(CN2CCC(C(C)N)CC2)n1. The first-order valence-electron chi connectivity index (χ1n) is 6.86. The quantitative estimate of drug-likeness (QED) is 0.884. The minimum absolute atomic E-state index is 0.308. The number of likely N-dealkylation sites (tertiary alicyclic amines) is 1. The molecule has 1 fully saturated rings. The Bertz CT molecular complexity index is 367. The van der Waals surface area contributed by atoms with Gasteiger partial charge in [0.05, 0.1) is 6.54 Å². The second-order valence-corrected chi connectivity index (χ2v) is 5.67. The fourth-order valence-corrected chi connectivity index (χ4v) is 2.39. The van der Waals surface area contributed by atoms with Crippen LogP contribution in [-0.2, 0) is 6.54 Å². The molecule has 18 heavy (non-hydrogen) atoms. The highest BCUT2D eigenvalue weighted by atomic mass is 16.5. The Balaban J connectivity index is 1.84. The molecular weight excluding hydrogens is 228 g/mol. The Labute approximate surface area is 109 Å². The number of nitrogens with zero attached hydrogens (tertiary/aromatic N) is 3. The molecule has 1 saturated heterocycles. The molecule has 0 radical (unpaired) electrons. The molecule has 1 aromatic rings. The van der Waals surface area contributed by atoms with Crippen LogP contribution >= 0.6 is 0 Å². The van der Waals surface area contributed by atoms with Gasteiger partial charge in [0.15, 0.2) is 5.82 Å². The van der Waals surface area contributed by atoms with Gasteiger partial charge >= 0.3 is 0 Å². The highest BCUT2D eigenvalue weighted by Gasteiger charge is 2.23. The summed E-state index contributed by atoms with van der Waals surface area (Å²) in [5, 5.41) is 3.99. The van der Waals surface area contributed by atoms with Crippen molar-refractivity contribution in [3.8, 4) is 0 Å². The Kier molecular flexibility index (Phi) is 4.35. The summed E-state index contributed by atoms with van der Waals surface area (Å²) < 4.78 is 5.28. The van der Waals surface area contributed by atoms with Gasteiger partial charge in [-0.1, -0.05) is 19.0 Å². The summed E-state index contributed by atoms with van der Waals surface area (Å²) in [5.41, 5.74) is 5.94. The smallest absolute Gasteiger partial charge is 0.240 e. The maximum absolute atomic E-state index is 5.94. The standard InChI is InChI=1S/C13H24N4O/c1-9(2)13-15-12(18-16-13)8-17-6-4-11(5-7-17)10(3)14/h9-11H,4-8,14H2,1-3H3. The fourth-order valence-electron chi connectivity index (χ4n) is 2.39. The van der Waals surface area contributed by atoms with Gasteiger partial charge in [0.1, 0.15) is 0 Å². The second kappa shape index (κ2) is 5.80. The Morgan fingerprint density at radius 2 is 2.00 bits per heavy atom. The average Bonchev–Trinajstić information content (AvgIpc) is 2.78. The summed E-state index contributed by atoms with van der Waals surface area (Å²) in [6.45, 7) is 9.17. The van der Waals surface area contributed by atoms with Crippen molar-refractivity contribution in [3.63, 3.8) is 0 Å². The number of hydrogen-bond donors (Lipinski definition) is 1. The van der Waals surface area contributed by atoms with Crippen molar-refractivity contribution in [2.75, 3.05) is 13.1 Å². The largest absolute Gasteiger partial charge is 0.338 e. The molecule has 5 heteroatoms. The summed E-state index contributed by atoms with van der Waals surface area (Å²) >= 11 is 0. The van der Waals surface area contributed by atoms with Crippen molar-refractivity contribution in [1.82, 2.24) is 15.0 Å². The molecule has 102 valence electrons. The number of nitrogens with two attached hydrogens (primary N) is 1. The van der Waals surface area contributed by atoms with Gasteiger partial charge in [0.25, 0.3) is 0 Å². The molecule has 1 aliphatic heterocycles. The van der Waals surface area contributed by atoms with Crippen LogP contribution in [0.25, 0.3) is 0 Å². The van der Waals surface area contributed by atoms with Gasteiger partial charge in [0.2, 0.25) is 5.89 Å². The summed E-state index contributed by atoms with van der Waals surface area (Å²) in [5.74, 6) is 2.52. The van der Waals surface area contributed by atoms with E-state index in [1.807, 2.05) is 0 Å².